The first-order valence-corrected chi connectivity index (χ1v) is 6.90. The summed E-state index contributed by atoms with van der Waals surface area (Å²) in [6.07, 6.45) is 4.48. The SMILES string of the molecule is CCCC(=O)n1cc(CCN(C)C)c2ccccc21. The molecule has 0 saturated heterocycles. The van der Waals surface area contributed by atoms with Crippen molar-refractivity contribution in [3.63, 3.8) is 0 Å². The molecule has 2 rings (SSSR count). The van der Waals surface area contributed by atoms with Crippen molar-refractivity contribution in [3.8, 4) is 0 Å². The Morgan fingerprint density at radius 3 is 2.68 bits per heavy atom. The maximum atomic E-state index is 12.2. The Morgan fingerprint density at radius 2 is 2.00 bits per heavy atom. The summed E-state index contributed by atoms with van der Waals surface area (Å²) in [7, 11) is 4.14. The third kappa shape index (κ3) is 3.04. The minimum Gasteiger partial charge on any atom is -0.309 e. The fourth-order valence-electron chi connectivity index (χ4n) is 2.33. The maximum absolute atomic E-state index is 12.2. The van der Waals surface area contributed by atoms with Crippen molar-refractivity contribution in [1.29, 1.82) is 0 Å². The molecule has 3 nitrogen and oxygen atoms in total. The van der Waals surface area contributed by atoms with Gasteiger partial charge >= 0.3 is 0 Å². The molecule has 0 aliphatic heterocycles. The van der Waals surface area contributed by atoms with Crippen molar-refractivity contribution in [2.75, 3.05) is 20.6 Å². The summed E-state index contributed by atoms with van der Waals surface area (Å²) < 4.78 is 1.82. The van der Waals surface area contributed by atoms with Crippen molar-refractivity contribution in [2.45, 2.75) is 26.2 Å². The smallest absolute Gasteiger partial charge is 0.231 e. The minimum absolute atomic E-state index is 0.190. The van der Waals surface area contributed by atoms with Gasteiger partial charge in [0.25, 0.3) is 0 Å². The highest BCUT2D eigenvalue weighted by Crippen LogP contribution is 2.22. The van der Waals surface area contributed by atoms with Gasteiger partial charge < -0.3 is 4.90 Å². The molecular formula is C16H22N2O. The van der Waals surface area contributed by atoms with E-state index in [0.717, 1.165) is 24.9 Å². The van der Waals surface area contributed by atoms with Gasteiger partial charge in [-0.2, -0.15) is 0 Å². The molecule has 19 heavy (non-hydrogen) atoms. The molecule has 0 N–H and O–H groups in total. The number of rotatable bonds is 5. The molecule has 0 amide bonds. The molecule has 0 atom stereocenters. The lowest BCUT2D eigenvalue weighted by molar-refractivity contribution is 0.0907. The summed E-state index contributed by atoms with van der Waals surface area (Å²) in [5.41, 5.74) is 2.29. The van der Waals surface area contributed by atoms with Crippen LogP contribution in [-0.4, -0.2) is 36.0 Å². The van der Waals surface area contributed by atoms with E-state index in [9.17, 15) is 4.79 Å². The van der Waals surface area contributed by atoms with E-state index in [1.165, 1.54) is 10.9 Å². The molecule has 0 fully saturated rings. The van der Waals surface area contributed by atoms with Crippen LogP contribution in [0.3, 0.4) is 0 Å². The predicted molar refractivity (Wildman–Crippen MR) is 79.7 cm³/mol. The van der Waals surface area contributed by atoms with E-state index in [-0.39, 0.29) is 5.91 Å². The second-order valence-corrected chi connectivity index (χ2v) is 5.24. The van der Waals surface area contributed by atoms with Gasteiger partial charge in [0.05, 0.1) is 5.52 Å². The van der Waals surface area contributed by atoms with Crippen LogP contribution in [0.4, 0.5) is 0 Å². The monoisotopic (exact) mass is 258 g/mol. The summed E-state index contributed by atoms with van der Waals surface area (Å²) in [4.78, 5) is 14.3. The van der Waals surface area contributed by atoms with Crippen LogP contribution < -0.4 is 0 Å². The highest BCUT2D eigenvalue weighted by Gasteiger charge is 2.12. The normalized spacial score (nSPS) is 11.4. The van der Waals surface area contributed by atoms with E-state index in [1.807, 2.05) is 35.9 Å². The van der Waals surface area contributed by atoms with Gasteiger partial charge in [-0.1, -0.05) is 25.1 Å². The lowest BCUT2D eigenvalue weighted by Crippen LogP contribution is -2.15. The molecule has 0 saturated carbocycles. The van der Waals surface area contributed by atoms with E-state index in [2.05, 4.69) is 25.1 Å². The van der Waals surface area contributed by atoms with Crippen molar-refractivity contribution in [2.24, 2.45) is 0 Å². The molecule has 1 aromatic carbocycles. The van der Waals surface area contributed by atoms with Gasteiger partial charge in [0, 0.05) is 24.5 Å². The Hall–Kier alpha value is -1.61. The summed E-state index contributed by atoms with van der Waals surface area (Å²) in [5.74, 6) is 0.190. The molecule has 102 valence electrons. The van der Waals surface area contributed by atoms with Gasteiger partial charge in [-0.25, -0.2) is 0 Å². The second kappa shape index (κ2) is 6.02. The number of likely N-dealkylation sites (N-methyl/N-ethyl adjacent to an activating group) is 1. The highest BCUT2D eigenvalue weighted by atomic mass is 16.2. The predicted octanol–water partition coefficient (Wildman–Crippen LogP) is 3.19. The first kappa shape index (κ1) is 13.8. The third-order valence-corrected chi connectivity index (χ3v) is 3.36. The standard InChI is InChI=1S/C16H22N2O/c1-4-7-16(19)18-12-13(10-11-17(2)3)14-8-5-6-9-15(14)18/h5-6,8-9,12H,4,7,10-11H2,1-3H3. The number of hydrogen-bond donors (Lipinski definition) is 0. The van der Waals surface area contributed by atoms with Crippen LogP contribution in [0.1, 0.15) is 30.1 Å². The number of aromatic nitrogens is 1. The molecule has 0 bridgehead atoms. The molecule has 1 heterocycles. The van der Waals surface area contributed by atoms with Gasteiger partial charge in [0.2, 0.25) is 5.91 Å². The Kier molecular flexibility index (Phi) is 4.38. The lowest BCUT2D eigenvalue weighted by Gasteiger charge is -2.07. The van der Waals surface area contributed by atoms with Crippen molar-refractivity contribution in [1.82, 2.24) is 9.47 Å². The van der Waals surface area contributed by atoms with E-state index < -0.39 is 0 Å². The van der Waals surface area contributed by atoms with Crippen molar-refractivity contribution in [3.05, 3.63) is 36.0 Å². The zero-order chi connectivity index (χ0) is 13.8. The first-order chi connectivity index (χ1) is 9.13. The average Bonchev–Trinajstić information content (AvgIpc) is 2.76. The topological polar surface area (TPSA) is 25.2 Å². The molecule has 0 radical (unpaired) electrons. The number of carbonyl (C=O) groups excluding carboxylic acids is 1. The molecule has 2 aromatic rings. The lowest BCUT2D eigenvalue weighted by atomic mass is 10.1. The largest absolute Gasteiger partial charge is 0.309 e. The van der Waals surface area contributed by atoms with Crippen molar-refractivity contribution < 1.29 is 4.79 Å². The van der Waals surface area contributed by atoms with Crippen LogP contribution in [0.5, 0.6) is 0 Å². The van der Waals surface area contributed by atoms with E-state index in [4.69, 9.17) is 0 Å². The highest BCUT2D eigenvalue weighted by molar-refractivity contribution is 5.94. The zero-order valence-corrected chi connectivity index (χ0v) is 12.0. The third-order valence-electron chi connectivity index (χ3n) is 3.36. The van der Waals surface area contributed by atoms with E-state index >= 15 is 0 Å². The first-order valence-electron chi connectivity index (χ1n) is 6.90. The van der Waals surface area contributed by atoms with Gasteiger partial charge in [-0.15, -0.1) is 0 Å². The average molecular weight is 258 g/mol. The summed E-state index contributed by atoms with van der Waals surface area (Å²) in [5, 5.41) is 1.20. The molecule has 0 unspecified atom stereocenters. The van der Waals surface area contributed by atoms with Crippen molar-refractivity contribution >= 4 is 16.8 Å². The Morgan fingerprint density at radius 1 is 1.26 bits per heavy atom. The number of fused-ring (bicyclic) bond motifs is 1. The minimum atomic E-state index is 0.190. The molecule has 0 aliphatic carbocycles. The zero-order valence-electron chi connectivity index (χ0n) is 12.0. The Bertz CT molecular complexity index is 569. The second-order valence-electron chi connectivity index (χ2n) is 5.24. The van der Waals surface area contributed by atoms with Crippen LogP contribution in [0.2, 0.25) is 0 Å². The molecule has 1 aromatic heterocycles. The van der Waals surface area contributed by atoms with E-state index in [1.54, 1.807) is 0 Å². The van der Waals surface area contributed by atoms with E-state index in [0.29, 0.717) is 6.42 Å². The quantitative estimate of drug-likeness (QED) is 0.823. The number of carbonyl (C=O) groups is 1. The Labute approximate surface area is 114 Å². The summed E-state index contributed by atoms with van der Waals surface area (Å²) >= 11 is 0. The van der Waals surface area contributed by atoms with Gasteiger partial charge in [0.15, 0.2) is 0 Å². The number of hydrogen-bond acceptors (Lipinski definition) is 2. The fraction of sp³-hybridized carbons (Fsp3) is 0.438. The molecular weight excluding hydrogens is 236 g/mol. The maximum Gasteiger partial charge on any atom is 0.231 e. The van der Waals surface area contributed by atoms with Gasteiger partial charge in [-0.05, 0) is 38.6 Å². The van der Waals surface area contributed by atoms with Crippen LogP contribution in [-0.2, 0) is 6.42 Å². The Balaban J connectivity index is 2.39. The molecule has 3 heteroatoms. The van der Waals surface area contributed by atoms with Gasteiger partial charge in [0.1, 0.15) is 0 Å². The molecule has 0 aliphatic rings. The molecule has 0 spiro atoms. The van der Waals surface area contributed by atoms with Crippen LogP contribution >= 0.6 is 0 Å². The van der Waals surface area contributed by atoms with Crippen LogP contribution in [0.15, 0.2) is 30.5 Å². The number of para-hydroxylation sites is 1. The summed E-state index contributed by atoms with van der Waals surface area (Å²) in [6.45, 7) is 3.03. The van der Waals surface area contributed by atoms with Crippen LogP contribution in [0.25, 0.3) is 10.9 Å². The number of nitrogens with zero attached hydrogens (tertiary/aromatic N) is 2. The fourth-order valence-corrected chi connectivity index (χ4v) is 2.33. The van der Waals surface area contributed by atoms with Gasteiger partial charge in [-0.3, -0.25) is 9.36 Å². The number of benzene rings is 1. The summed E-state index contributed by atoms with van der Waals surface area (Å²) in [6, 6.07) is 8.17. The van der Waals surface area contributed by atoms with Crippen LogP contribution in [0, 0.1) is 0 Å².